The summed E-state index contributed by atoms with van der Waals surface area (Å²) in [5.74, 6) is 1.91. The van der Waals surface area contributed by atoms with Crippen molar-refractivity contribution in [2.24, 2.45) is 7.05 Å². The van der Waals surface area contributed by atoms with Gasteiger partial charge >= 0.3 is 0 Å². The number of hydrogen-bond donors (Lipinski definition) is 1. The molecule has 0 saturated heterocycles. The van der Waals surface area contributed by atoms with Gasteiger partial charge in [0, 0.05) is 7.05 Å². The molecule has 2 rings (SSSR count). The largest absolute Gasteiger partial charge is 0.493 e. The minimum Gasteiger partial charge on any atom is -0.493 e. The molecule has 1 N–H and O–H groups in total. The molecular weight excluding hydrogens is 246 g/mol. The topological polar surface area (TPSA) is 69.4 Å². The molecule has 0 aliphatic heterocycles. The summed E-state index contributed by atoms with van der Waals surface area (Å²) in [6.07, 6.45) is 1.08. The number of nitrogens with zero attached hydrogens (tertiary/aromatic N) is 3. The summed E-state index contributed by atoms with van der Waals surface area (Å²) in [5.41, 5.74) is 0.780. The molecule has 102 valence electrons. The van der Waals surface area contributed by atoms with E-state index >= 15 is 0 Å². The number of aliphatic hydroxyl groups excluding tert-OH is 1. The normalized spacial score (nSPS) is 12.2. The lowest BCUT2D eigenvalue weighted by Crippen LogP contribution is -2.04. The van der Waals surface area contributed by atoms with E-state index in [9.17, 15) is 5.11 Å². The smallest absolute Gasteiger partial charge is 0.170 e. The molecule has 1 aromatic heterocycles. The maximum absolute atomic E-state index is 9.53. The molecule has 0 saturated carbocycles. The molecule has 0 amide bonds. The third-order valence-electron chi connectivity index (χ3n) is 2.83. The summed E-state index contributed by atoms with van der Waals surface area (Å²) >= 11 is 0. The molecule has 0 aliphatic carbocycles. The molecule has 0 fully saturated rings. The minimum absolute atomic E-state index is 0.306. The first-order valence-corrected chi connectivity index (χ1v) is 5.93. The highest BCUT2D eigenvalue weighted by Crippen LogP contribution is 2.30. The van der Waals surface area contributed by atoms with Crippen LogP contribution in [0, 0.1) is 0 Å². The van der Waals surface area contributed by atoms with Gasteiger partial charge in [0.25, 0.3) is 0 Å². The minimum atomic E-state index is -0.540. The zero-order valence-corrected chi connectivity index (χ0v) is 11.2. The standard InChI is InChI=1S/C13H17N3O3/c1-9(17)10-4-5-11(12(6-10)18-3)19-7-13-15-14-8-16(13)2/h4-6,8-9,17H,7H2,1-3H3. The van der Waals surface area contributed by atoms with Crippen molar-refractivity contribution in [2.75, 3.05) is 7.11 Å². The van der Waals surface area contributed by atoms with E-state index in [-0.39, 0.29) is 0 Å². The van der Waals surface area contributed by atoms with Crippen LogP contribution in [0.3, 0.4) is 0 Å². The lowest BCUT2D eigenvalue weighted by molar-refractivity contribution is 0.198. The Balaban J connectivity index is 2.14. The number of hydrogen-bond acceptors (Lipinski definition) is 5. The number of ether oxygens (including phenoxy) is 2. The number of aromatic nitrogens is 3. The van der Waals surface area contributed by atoms with Crippen LogP contribution in [0.25, 0.3) is 0 Å². The summed E-state index contributed by atoms with van der Waals surface area (Å²) < 4.78 is 12.7. The Morgan fingerprint density at radius 2 is 2.16 bits per heavy atom. The van der Waals surface area contributed by atoms with Crippen LogP contribution in [0.5, 0.6) is 11.5 Å². The summed E-state index contributed by atoms with van der Waals surface area (Å²) in [6.45, 7) is 2.01. The monoisotopic (exact) mass is 263 g/mol. The maximum Gasteiger partial charge on any atom is 0.170 e. The van der Waals surface area contributed by atoms with Crippen LogP contribution < -0.4 is 9.47 Å². The van der Waals surface area contributed by atoms with Crippen molar-refractivity contribution in [1.29, 1.82) is 0 Å². The highest BCUT2D eigenvalue weighted by atomic mass is 16.5. The Kier molecular flexibility index (Phi) is 4.01. The average molecular weight is 263 g/mol. The summed E-state index contributed by atoms with van der Waals surface area (Å²) in [7, 11) is 3.42. The Morgan fingerprint density at radius 3 is 2.74 bits per heavy atom. The Labute approximate surface area is 111 Å². The van der Waals surface area contributed by atoms with E-state index in [1.165, 1.54) is 0 Å². The van der Waals surface area contributed by atoms with Crippen molar-refractivity contribution in [3.05, 3.63) is 35.9 Å². The van der Waals surface area contributed by atoms with E-state index in [4.69, 9.17) is 9.47 Å². The van der Waals surface area contributed by atoms with Crippen molar-refractivity contribution >= 4 is 0 Å². The molecule has 19 heavy (non-hydrogen) atoms. The predicted molar refractivity (Wildman–Crippen MR) is 69.0 cm³/mol. The van der Waals surface area contributed by atoms with E-state index in [2.05, 4.69) is 10.2 Å². The molecule has 6 nitrogen and oxygen atoms in total. The quantitative estimate of drug-likeness (QED) is 0.884. The van der Waals surface area contributed by atoms with Crippen LogP contribution in [-0.4, -0.2) is 27.0 Å². The number of benzene rings is 1. The SMILES string of the molecule is COc1cc(C(C)O)ccc1OCc1nncn1C. The first-order valence-electron chi connectivity index (χ1n) is 5.93. The van der Waals surface area contributed by atoms with Crippen molar-refractivity contribution in [1.82, 2.24) is 14.8 Å². The number of aryl methyl sites for hydroxylation is 1. The molecule has 1 atom stereocenters. The van der Waals surface area contributed by atoms with E-state index in [0.29, 0.717) is 18.1 Å². The van der Waals surface area contributed by atoms with Crippen LogP contribution in [0.4, 0.5) is 0 Å². The lowest BCUT2D eigenvalue weighted by atomic mass is 10.1. The van der Waals surface area contributed by atoms with Crippen LogP contribution in [0.2, 0.25) is 0 Å². The number of methoxy groups -OCH3 is 1. The Hall–Kier alpha value is -2.08. The second-order valence-corrected chi connectivity index (χ2v) is 4.23. The average Bonchev–Trinajstić information content (AvgIpc) is 2.81. The third-order valence-corrected chi connectivity index (χ3v) is 2.83. The van der Waals surface area contributed by atoms with Crippen LogP contribution in [0.15, 0.2) is 24.5 Å². The molecule has 1 heterocycles. The Bertz CT molecular complexity index is 552. The van der Waals surface area contributed by atoms with E-state index in [1.807, 2.05) is 7.05 Å². The number of aliphatic hydroxyl groups is 1. The van der Waals surface area contributed by atoms with E-state index < -0.39 is 6.10 Å². The van der Waals surface area contributed by atoms with Gasteiger partial charge in [-0.25, -0.2) is 0 Å². The summed E-state index contributed by atoms with van der Waals surface area (Å²) in [6, 6.07) is 5.34. The fourth-order valence-electron chi connectivity index (χ4n) is 1.64. The van der Waals surface area contributed by atoms with Gasteiger partial charge in [0.2, 0.25) is 0 Å². The van der Waals surface area contributed by atoms with Gasteiger partial charge in [-0.15, -0.1) is 10.2 Å². The summed E-state index contributed by atoms with van der Waals surface area (Å²) in [4.78, 5) is 0. The molecule has 0 spiro atoms. The predicted octanol–water partition coefficient (Wildman–Crippen LogP) is 1.46. The first kappa shape index (κ1) is 13.4. The highest BCUT2D eigenvalue weighted by molar-refractivity contribution is 5.43. The second-order valence-electron chi connectivity index (χ2n) is 4.23. The van der Waals surface area contributed by atoms with Gasteiger partial charge in [-0.1, -0.05) is 6.07 Å². The second kappa shape index (κ2) is 5.71. The van der Waals surface area contributed by atoms with Crippen molar-refractivity contribution < 1.29 is 14.6 Å². The van der Waals surface area contributed by atoms with Gasteiger partial charge in [-0.05, 0) is 24.6 Å². The fraction of sp³-hybridized carbons (Fsp3) is 0.385. The zero-order valence-electron chi connectivity index (χ0n) is 11.2. The molecular formula is C13H17N3O3. The van der Waals surface area contributed by atoms with Crippen LogP contribution in [0.1, 0.15) is 24.4 Å². The maximum atomic E-state index is 9.53. The number of rotatable bonds is 5. The summed E-state index contributed by atoms with van der Waals surface area (Å²) in [5, 5.41) is 17.3. The van der Waals surface area contributed by atoms with Gasteiger partial charge in [0.1, 0.15) is 12.9 Å². The molecule has 1 unspecified atom stereocenters. The van der Waals surface area contributed by atoms with Crippen molar-refractivity contribution in [3.63, 3.8) is 0 Å². The molecule has 1 aromatic carbocycles. The van der Waals surface area contributed by atoms with E-state index in [0.717, 1.165) is 11.4 Å². The van der Waals surface area contributed by atoms with Gasteiger partial charge in [0.05, 0.1) is 13.2 Å². The Morgan fingerprint density at radius 1 is 1.37 bits per heavy atom. The fourth-order valence-corrected chi connectivity index (χ4v) is 1.64. The molecule has 0 aliphatic rings. The van der Waals surface area contributed by atoms with Crippen LogP contribution in [-0.2, 0) is 13.7 Å². The van der Waals surface area contributed by atoms with Gasteiger partial charge in [0.15, 0.2) is 17.3 Å². The lowest BCUT2D eigenvalue weighted by Gasteiger charge is -2.13. The van der Waals surface area contributed by atoms with Gasteiger partial charge < -0.3 is 19.1 Å². The van der Waals surface area contributed by atoms with Crippen molar-refractivity contribution in [3.8, 4) is 11.5 Å². The molecule has 0 radical (unpaired) electrons. The van der Waals surface area contributed by atoms with E-state index in [1.54, 1.807) is 43.1 Å². The van der Waals surface area contributed by atoms with Crippen molar-refractivity contribution in [2.45, 2.75) is 19.6 Å². The van der Waals surface area contributed by atoms with Gasteiger partial charge in [-0.3, -0.25) is 0 Å². The molecule has 6 heteroatoms. The third kappa shape index (κ3) is 3.03. The van der Waals surface area contributed by atoms with Gasteiger partial charge in [-0.2, -0.15) is 0 Å². The first-order chi connectivity index (χ1) is 9.11. The zero-order chi connectivity index (χ0) is 13.8. The molecule has 2 aromatic rings. The highest BCUT2D eigenvalue weighted by Gasteiger charge is 2.10. The van der Waals surface area contributed by atoms with Crippen LogP contribution >= 0.6 is 0 Å². The molecule has 0 bridgehead atoms.